The number of nitrogens with two attached hydrogens (primary N) is 2. The van der Waals surface area contributed by atoms with Crippen molar-refractivity contribution in [1.29, 1.82) is 0 Å². The Hall–Kier alpha value is -1.40. The fourth-order valence-electron chi connectivity index (χ4n) is 1.01. The highest BCUT2D eigenvalue weighted by atomic mass is 32.1. The molecule has 0 aliphatic rings. The molecule has 88 valence electrons. The second kappa shape index (κ2) is 4.63. The molecule has 0 spiro atoms. The summed E-state index contributed by atoms with van der Waals surface area (Å²) in [5.74, 6) is -0.883. The molecule has 0 fully saturated rings. The maximum absolute atomic E-state index is 11.8. The van der Waals surface area contributed by atoms with Gasteiger partial charge in [0.1, 0.15) is 5.00 Å². The molecule has 0 saturated carbocycles. The Bertz CT molecular complexity index is 412. The minimum atomic E-state index is -0.946. The number of amides is 2. The third kappa shape index (κ3) is 2.59. The molecule has 0 radical (unpaired) electrons. The van der Waals surface area contributed by atoms with Crippen LogP contribution in [-0.2, 0) is 4.79 Å². The number of hydrogen-bond acceptors (Lipinski definition) is 4. The van der Waals surface area contributed by atoms with Gasteiger partial charge in [0.2, 0.25) is 5.91 Å². The normalized spacial score (nSPS) is 14.2. The Kier molecular flexibility index (Phi) is 3.66. The van der Waals surface area contributed by atoms with Gasteiger partial charge in [0, 0.05) is 0 Å². The van der Waals surface area contributed by atoms with Gasteiger partial charge < -0.3 is 16.8 Å². The Balaban J connectivity index is 2.85. The van der Waals surface area contributed by atoms with Crippen molar-refractivity contribution in [2.75, 3.05) is 5.32 Å². The second-order valence-electron chi connectivity index (χ2n) is 3.75. The van der Waals surface area contributed by atoms with Gasteiger partial charge in [0.25, 0.3) is 5.91 Å². The van der Waals surface area contributed by atoms with E-state index in [1.54, 1.807) is 18.4 Å². The van der Waals surface area contributed by atoms with Gasteiger partial charge in [-0.3, -0.25) is 9.59 Å². The lowest BCUT2D eigenvalue weighted by atomic mass is 10.00. The molecular weight excluding hydrogens is 226 g/mol. The lowest BCUT2D eigenvalue weighted by Gasteiger charge is -2.21. The van der Waals surface area contributed by atoms with Gasteiger partial charge in [-0.2, -0.15) is 0 Å². The van der Waals surface area contributed by atoms with Crippen molar-refractivity contribution in [3.05, 3.63) is 17.0 Å². The maximum atomic E-state index is 11.8. The van der Waals surface area contributed by atoms with E-state index >= 15 is 0 Å². The molecule has 0 aliphatic heterocycles. The molecule has 1 unspecified atom stereocenters. The van der Waals surface area contributed by atoms with Gasteiger partial charge in [-0.25, -0.2) is 0 Å². The first kappa shape index (κ1) is 12.7. The van der Waals surface area contributed by atoms with Crippen LogP contribution in [-0.4, -0.2) is 17.4 Å². The Morgan fingerprint density at radius 3 is 2.69 bits per heavy atom. The number of thiophene rings is 1. The number of carbonyl (C=O) groups excluding carboxylic acids is 2. The van der Waals surface area contributed by atoms with E-state index in [1.165, 1.54) is 11.3 Å². The average molecular weight is 241 g/mol. The van der Waals surface area contributed by atoms with Crippen LogP contribution in [0.1, 0.15) is 30.6 Å². The van der Waals surface area contributed by atoms with E-state index in [-0.39, 0.29) is 5.91 Å². The molecule has 1 rings (SSSR count). The van der Waals surface area contributed by atoms with Crippen LogP contribution in [0.15, 0.2) is 11.4 Å². The summed E-state index contributed by atoms with van der Waals surface area (Å²) < 4.78 is 0. The molecule has 0 aromatic carbocycles. The van der Waals surface area contributed by atoms with Crippen LogP contribution in [0.5, 0.6) is 0 Å². The van der Waals surface area contributed by atoms with E-state index in [4.69, 9.17) is 11.5 Å². The molecule has 5 N–H and O–H groups in total. The van der Waals surface area contributed by atoms with Gasteiger partial charge in [0.15, 0.2) is 0 Å². The summed E-state index contributed by atoms with van der Waals surface area (Å²) in [6.07, 6.45) is 0.510. The summed E-state index contributed by atoms with van der Waals surface area (Å²) in [5, 5.41) is 4.75. The zero-order chi connectivity index (χ0) is 12.3. The Labute approximate surface area is 97.8 Å². The first-order valence-corrected chi connectivity index (χ1v) is 5.74. The number of carbonyl (C=O) groups is 2. The molecular formula is C10H15N3O2S. The summed E-state index contributed by atoms with van der Waals surface area (Å²) in [6.45, 7) is 3.46. The fourth-order valence-corrected chi connectivity index (χ4v) is 1.79. The number of rotatable bonds is 4. The first-order chi connectivity index (χ1) is 7.38. The largest absolute Gasteiger partial charge is 0.366 e. The van der Waals surface area contributed by atoms with E-state index in [9.17, 15) is 9.59 Å². The zero-order valence-electron chi connectivity index (χ0n) is 9.24. The van der Waals surface area contributed by atoms with Crippen LogP contribution < -0.4 is 16.8 Å². The second-order valence-corrected chi connectivity index (χ2v) is 4.67. The molecule has 1 atom stereocenters. The van der Waals surface area contributed by atoms with Crippen molar-refractivity contribution in [3.8, 4) is 0 Å². The predicted molar refractivity (Wildman–Crippen MR) is 64.4 cm³/mol. The smallest absolute Gasteiger partial charge is 0.251 e. The van der Waals surface area contributed by atoms with Crippen molar-refractivity contribution in [3.63, 3.8) is 0 Å². The topological polar surface area (TPSA) is 98.2 Å². The molecule has 0 saturated heterocycles. The van der Waals surface area contributed by atoms with Crippen molar-refractivity contribution < 1.29 is 9.59 Å². The van der Waals surface area contributed by atoms with Gasteiger partial charge in [-0.05, 0) is 24.8 Å². The molecule has 5 nitrogen and oxygen atoms in total. The van der Waals surface area contributed by atoms with Crippen LogP contribution in [0.3, 0.4) is 0 Å². The van der Waals surface area contributed by atoms with E-state index in [0.29, 0.717) is 17.0 Å². The van der Waals surface area contributed by atoms with E-state index in [2.05, 4.69) is 5.32 Å². The summed E-state index contributed by atoms with van der Waals surface area (Å²) in [5.41, 5.74) is 10.3. The summed E-state index contributed by atoms with van der Waals surface area (Å²) >= 11 is 1.24. The Morgan fingerprint density at radius 1 is 1.56 bits per heavy atom. The third-order valence-electron chi connectivity index (χ3n) is 2.41. The highest BCUT2D eigenvalue weighted by Crippen LogP contribution is 2.23. The summed E-state index contributed by atoms with van der Waals surface area (Å²) in [4.78, 5) is 22.8. The lowest BCUT2D eigenvalue weighted by molar-refractivity contribution is -0.120. The monoisotopic (exact) mass is 241 g/mol. The molecule has 0 bridgehead atoms. The minimum absolute atomic E-state index is 0.310. The van der Waals surface area contributed by atoms with Crippen molar-refractivity contribution >= 4 is 28.2 Å². The van der Waals surface area contributed by atoms with Gasteiger partial charge in [-0.15, -0.1) is 11.3 Å². The summed E-state index contributed by atoms with van der Waals surface area (Å²) in [6, 6.07) is 1.57. The number of primary amides is 1. The lowest BCUT2D eigenvalue weighted by Crippen LogP contribution is -2.47. The minimum Gasteiger partial charge on any atom is -0.366 e. The van der Waals surface area contributed by atoms with Crippen LogP contribution >= 0.6 is 11.3 Å². The molecule has 1 aromatic rings. The molecule has 1 aromatic heterocycles. The van der Waals surface area contributed by atoms with E-state index in [0.717, 1.165) is 0 Å². The first-order valence-electron chi connectivity index (χ1n) is 4.86. The molecule has 16 heavy (non-hydrogen) atoms. The van der Waals surface area contributed by atoms with Crippen LogP contribution in [0, 0.1) is 0 Å². The Morgan fingerprint density at radius 2 is 2.19 bits per heavy atom. The SMILES string of the molecule is CCC(C)(N)C(=O)Nc1sccc1C(N)=O. The van der Waals surface area contributed by atoms with Gasteiger partial charge in [-0.1, -0.05) is 6.92 Å². The van der Waals surface area contributed by atoms with Crippen molar-refractivity contribution in [2.24, 2.45) is 11.5 Å². The maximum Gasteiger partial charge on any atom is 0.251 e. The van der Waals surface area contributed by atoms with Crippen molar-refractivity contribution in [2.45, 2.75) is 25.8 Å². The molecule has 2 amide bonds. The summed E-state index contributed by atoms with van der Waals surface area (Å²) in [7, 11) is 0. The number of hydrogen-bond donors (Lipinski definition) is 3. The van der Waals surface area contributed by atoms with Gasteiger partial charge in [0.05, 0.1) is 11.1 Å². The van der Waals surface area contributed by atoms with Crippen LogP contribution in [0.4, 0.5) is 5.00 Å². The number of anilines is 1. The third-order valence-corrected chi connectivity index (χ3v) is 3.24. The van der Waals surface area contributed by atoms with E-state index in [1.807, 2.05) is 6.92 Å². The average Bonchev–Trinajstić information content (AvgIpc) is 2.65. The van der Waals surface area contributed by atoms with Crippen LogP contribution in [0.2, 0.25) is 0 Å². The molecule has 6 heteroatoms. The zero-order valence-corrected chi connectivity index (χ0v) is 10.1. The predicted octanol–water partition coefficient (Wildman–Crippen LogP) is 0.913. The highest BCUT2D eigenvalue weighted by molar-refractivity contribution is 7.14. The van der Waals surface area contributed by atoms with Gasteiger partial charge >= 0.3 is 0 Å². The van der Waals surface area contributed by atoms with E-state index < -0.39 is 11.4 Å². The standard InChI is InChI=1S/C10H15N3O2S/c1-3-10(2,12)9(15)13-8-6(7(11)14)4-5-16-8/h4-5H,3,12H2,1-2H3,(H2,11,14)(H,13,15). The highest BCUT2D eigenvalue weighted by Gasteiger charge is 2.27. The fraction of sp³-hybridized carbons (Fsp3) is 0.400. The molecule has 0 aliphatic carbocycles. The quantitative estimate of drug-likeness (QED) is 0.730. The number of nitrogens with one attached hydrogen (secondary N) is 1. The van der Waals surface area contributed by atoms with Crippen LogP contribution in [0.25, 0.3) is 0 Å². The molecule has 1 heterocycles. The van der Waals surface area contributed by atoms with Crippen molar-refractivity contribution in [1.82, 2.24) is 0 Å².